The number of rotatable bonds is 64. The monoisotopic (exact) mass is 1040 g/mol. The molecule has 0 spiro atoms. The molecule has 0 saturated heterocycles. The molecular formula is C68H133NO5. The molecule has 0 aromatic carbocycles. The molecule has 74 heavy (non-hydrogen) atoms. The van der Waals surface area contributed by atoms with Crippen molar-refractivity contribution in [3.05, 3.63) is 12.2 Å². The zero-order valence-electron chi connectivity index (χ0n) is 50.4. The van der Waals surface area contributed by atoms with Gasteiger partial charge in [0.2, 0.25) is 5.91 Å². The number of carbonyl (C=O) groups is 2. The first-order valence-corrected chi connectivity index (χ1v) is 33.9. The van der Waals surface area contributed by atoms with Gasteiger partial charge in [-0.3, -0.25) is 9.59 Å². The number of unbranched alkanes of at least 4 members (excludes halogenated alkanes) is 51. The summed E-state index contributed by atoms with van der Waals surface area (Å²) in [5.41, 5.74) is 0. The van der Waals surface area contributed by atoms with E-state index >= 15 is 0 Å². The zero-order chi connectivity index (χ0) is 53.6. The number of esters is 1. The van der Waals surface area contributed by atoms with Crippen molar-refractivity contribution in [1.82, 2.24) is 5.32 Å². The highest BCUT2D eigenvalue weighted by atomic mass is 16.5. The minimum atomic E-state index is -0.659. The van der Waals surface area contributed by atoms with Crippen LogP contribution < -0.4 is 5.32 Å². The van der Waals surface area contributed by atoms with E-state index in [0.29, 0.717) is 25.9 Å². The molecule has 0 heterocycles. The molecule has 6 nitrogen and oxygen atoms in total. The fourth-order valence-corrected chi connectivity index (χ4v) is 10.9. The molecule has 6 heteroatoms. The number of aliphatic hydroxyl groups is 2. The summed E-state index contributed by atoms with van der Waals surface area (Å²) in [6.45, 7) is 4.96. The van der Waals surface area contributed by atoms with E-state index in [1.165, 1.54) is 308 Å². The second-order valence-electron chi connectivity index (χ2n) is 23.5. The van der Waals surface area contributed by atoms with Crippen LogP contribution in [0.2, 0.25) is 0 Å². The molecule has 0 bridgehead atoms. The maximum Gasteiger partial charge on any atom is 0.305 e. The molecule has 0 saturated carbocycles. The van der Waals surface area contributed by atoms with Gasteiger partial charge >= 0.3 is 5.97 Å². The van der Waals surface area contributed by atoms with E-state index in [4.69, 9.17) is 4.74 Å². The van der Waals surface area contributed by atoms with E-state index < -0.39 is 12.1 Å². The summed E-state index contributed by atoms with van der Waals surface area (Å²) in [6, 6.07) is -0.536. The SMILES string of the molecule is CCCCCC/C=C\CCCCCCCC(=O)OCCCCCCCCCCCCCCCCCCCCCCCCCCCCCCCCCC(=O)NC(CO)C(O)CCCCCCCCCCCCCCC. The smallest absolute Gasteiger partial charge is 0.305 e. The van der Waals surface area contributed by atoms with E-state index in [1.54, 1.807) is 0 Å². The number of allylic oxidation sites excluding steroid dienone is 2. The summed E-state index contributed by atoms with van der Waals surface area (Å²) in [4.78, 5) is 24.5. The van der Waals surface area contributed by atoms with E-state index in [9.17, 15) is 19.8 Å². The molecular weight excluding hydrogens is 911 g/mol. The average Bonchev–Trinajstić information content (AvgIpc) is 3.40. The molecule has 0 aromatic heterocycles. The van der Waals surface area contributed by atoms with Gasteiger partial charge in [0.15, 0.2) is 0 Å². The number of hydrogen-bond donors (Lipinski definition) is 3. The number of ether oxygens (including phenoxy) is 1. The van der Waals surface area contributed by atoms with Gasteiger partial charge in [-0.1, -0.05) is 334 Å². The van der Waals surface area contributed by atoms with E-state index in [2.05, 4.69) is 31.3 Å². The van der Waals surface area contributed by atoms with Gasteiger partial charge in [0.1, 0.15) is 0 Å². The Kier molecular flexibility index (Phi) is 62.9. The Bertz CT molecular complexity index is 1110. The minimum absolute atomic E-state index is 0.0120. The lowest BCUT2D eigenvalue weighted by Gasteiger charge is -2.22. The van der Waals surface area contributed by atoms with Gasteiger partial charge in [-0.05, 0) is 51.4 Å². The quantitative estimate of drug-likeness (QED) is 0.0320. The molecule has 0 aliphatic carbocycles. The van der Waals surface area contributed by atoms with Gasteiger partial charge in [0.05, 0.1) is 25.4 Å². The largest absolute Gasteiger partial charge is 0.466 e. The lowest BCUT2D eigenvalue weighted by molar-refractivity contribution is -0.143. The molecule has 0 fully saturated rings. The van der Waals surface area contributed by atoms with Crippen LogP contribution in [0.4, 0.5) is 0 Å². The third-order valence-electron chi connectivity index (χ3n) is 16.1. The summed E-state index contributed by atoms with van der Waals surface area (Å²) in [5.74, 6) is -0.0165. The number of hydrogen-bond acceptors (Lipinski definition) is 5. The Morgan fingerprint density at radius 3 is 0.973 bits per heavy atom. The highest BCUT2D eigenvalue weighted by Crippen LogP contribution is 2.19. The zero-order valence-corrected chi connectivity index (χ0v) is 50.4. The summed E-state index contributed by atoms with van der Waals surface area (Å²) >= 11 is 0. The van der Waals surface area contributed by atoms with Crippen molar-refractivity contribution in [3.63, 3.8) is 0 Å². The van der Waals surface area contributed by atoms with Crippen molar-refractivity contribution in [2.24, 2.45) is 0 Å². The predicted molar refractivity (Wildman–Crippen MR) is 324 cm³/mol. The van der Waals surface area contributed by atoms with Crippen LogP contribution in [0.3, 0.4) is 0 Å². The van der Waals surface area contributed by atoms with E-state index in [0.717, 1.165) is 44.9 Å². The van der Waals surface area contributed by atoms with Gasteiger partial charge < -0.3 is 20.3 Å². The topological polar surface area (TPSA) is 95.9 Å². The molecule has 0 aromatic rings. The van der Waals surface area contributed by atoms with Crippen molar-refractivity contribution in [3.8, 4) is 0 Å². The second-order valence-corrected chi connectivity index (χ2v) is 23.5. The van der Waals surface area contributed by atoms with Crippen molar-refractivity contribution >= 4 is 11.9 Å². The lowest BCUT2D eigenvalue weighted by Crippen LogP contribution is -2.45. The fraction of sp³-hybridized carbons (Fsp3) is 0.941. The van der Waals surface area contributed by atoms with Gasteiger partial charge in [0.25, 0.3) is 0 Å². The Labute approximate surface area is 463 Å². The average molecular weight is 1040 g/mol. The Balaban J connectivity index is 3.31. The maximum absolute atomic E-state index is 12.5. The first kappa shape index (κ1) is 72.6. The third kappa shape index (κ3) is 59.8. The van der Waals surface area contributed by atoms with Gasteiger partial charge in [-0.15, -0.1) is 0 Å². The Morgan fingerprint density at radius 1 is 0.365 bits per heavy atom. The van der Waals surface area contributed by atoms with Crippen LogP contribution in [-0.4, -0.2) is 47.4 Å². The first-order chi connectivity index (χ1) is 36.5. The van der Waals surface area contributed by atoms with Crippen LogP contribution in [-0.2, 0) is 14.3 Å². The Morgan fingerprint density at radius 2 is 0.635 bits per heavy atom. The molecule has 440 valence electrons. The molecule has 0 rings (SSSR count). The van der Waals surface area contributed by atoms with Gasteiger partial charge in [-0.25, -0.2) is 0 Å². The van der Waals surface area contributed by atoms with E-state index in [1.807, 2.05) is 0 Å². The highest BCUT2D eigenvalue weighted by molar-refractivity contribution is 5.76. The normalized spacial score (nSPS) is 12.5. The number of carbonyl (C=O) groups excluding carboxylic acids is 2. The standard InChI is InChI=1S/C68H133NO5/c1-3-5-7-9-11-13-15-36-40-44-48-52-56-60-66(71)65(64-70)69-67(72)61-57-53-49-45-41-38-34-32-30-28-26-24-22-20-18-17-19-21-23-25-27-29-31-33-35-39-43-47-51-55-59-63-74-68(73)62-58-54-50-46-42-37-16-14-12-10-8-6-4-2/h14,16,65-66,70-71H,3-13,15,17-64H2,1-2H3,(H,69,72)/b16-14-. The summed E-state index contributed by atoms with van der Waals surface area (Å²) in [7, 11) is 0. The van der Waals surface area contributed by atoms with Crippen molar-refractivity contribution in [2.75, 3.05) is 13.2 Å². The summed E-state index contributed by atoms with van der Waals surface area (Å²) in [5, 5.41) is 23.3. The van der Waals surface area contributed by atoms with Crippen LogP contribution in [0.5, 0.6) is 0 Å². The third-order valence-corrected chi connectivity index (χ3v) is 16.1. The van der Waals surface area contributed by atoms with Gasteiger partial charge in [0, 0.05) is 12.8 Å². The fourth-order valence-electron chi connectivity index (χ4n) is 10.9. The number of amides is 1. The van der Waals surface area contributed by atoms with Crippen molar-refractivity contribution < 1.29 is 24.5 Å². The predicted octanol–water partition coefficient (Wildman–Crippen LogP) is 21.6. The summed E-state index contributed by atoms with van der Waals surface area (Å²) in [6.07, 6.45) is 78.3. The Hall–Kier alpha value is -1.40. The van der Waals surface area contributed by atoms with Crippen LogP contribution >= 0.6 is 0 Å². The van der Waals surface area contributed by atoms with Crippen molar-refractivity contribution in [1.29, 1.82) is 0 Å². The number of nitrogens with one attached hydrogen (secondary N) is 1. The maximum atomic E-state index is 12.5. The van der Waals surface area contributed by atoms with Crippen LogP contribution in [0.15, 0.2) is 12.2 Å². The van der Waals surface area contributed by atoms with Gasteiger partial charge in [-0.2, -0.15) is 0 Å². The van der Waals surface area contributed by atoms with Crippen LogP contribution in [0.1, 0.15) is 386 Å². The van der Waals surface area contributed by atoms with Crippen molar-refractivity contribution in [2.45, 2.75) is 398 Å². The molecule has 3 N–H and O–H groups in total. The molecule has 2 unspecified atom stereocenters. The molecule has 0 radical (unpaired) electrons. The molecule has 0 aliphatic rings. The lowest BCUT2D eigenvalue weighted by atomic mass is 10.0. The van der Waals surface area contributed by atoms with Crippen LogP contribution in [0, 0.1) is 0 Å². The number of aliphatic hydroxyl groups excluding tert-OH is 2. The second kappa shape index (κ2) is 64.1. The minimum Gasteiger partial charge on any atom is -0.466 e. The molecule has 1 amide bonds. The van der Waals surface area contributed by atoms with E-state index in [-0.39, 0.29) is 18.5 Å². The highest BCUT2D eigenvalue weighted by Gasteiger charge is 2.20. The molecule has 0 aliphatic heterocycles. The summed E-state index contributed by atoms with van der Waals surface area (Å²) < 4.78 is 5.48. The van der Waals surface area contributed by atoms with Crippen LogP contribution in [0.25, 0.3) is 0 Å². The first-order valence-electron chi connectivity index (χ1n) is 33.9. The molecule has 2 atom stereocenters.